The molecule has 7 nitrogen and oxygen atoms in total. The van der Waals surface area contributed by atoms with Crippen LogP contribution in [0.5, 0.6) is 0 Å². The summed E-state index contributed by atoms with van der Waals surface area (Å²) in [5.41, 5.74) is 0. The average Bonchev–Trinajstić information content (AvgIpc) is 2.50. The molecule has 130 valence electrons. The van der Waals surface area contributed by atoms with Gasteiger partial charge in [0.05, 0.1) is 46.2 Å². The molecule has 0 bridgehead atoms. The van der Waals surface area contributed by atoms with E-state index in [4.69, 9.17) is 33.5 Å². The Morgan fingerprint density at radius 2 is 1.24 bits per heavy atom. The van der Waals surface area contributed by atoms with E-state index < -0.39 is 6.29 Å². The lowest BCUT2D eigenvalue weighted by Gasteiger charge is -2.10. The second-order valence-electron chi connectivity index (χ2n) is 3.78. The van der Waals surface area contributed by atoms with Crippen LogP contribution in [-0.4, -0.2) is 85.1 Å². The van der Waals surface area contributed by atoms with Gasteiger partial charge in [0.2, 0.25) is 0 Å². The molecular formula is C14H32O7. The molecule has 1 N–H and O–H groups in total. The lowest BCUT2D eigenvalue weighted by molar-refractivity contribution is -0.143. The number of methoxy groups -OCH3 is 2. The van der Waals surface area contributed by atoms with Gasteiger partial charge in [-0.1, -0.05) is 0 Å². The first kappa shape index (κ1) is 23.0. The number of aliphatic hydroxyl groups excluding tert-OH is 1. The fourth-order valence-electron chi connectivity index (χ4n) is 1.04. The highest BCUT2D eigenvalue weighted by Gasteiger charge is 2.01. The molecule has 0 aromatic heterocycles. The summed E-state index contributed by atoms with van der Waals surface area (Å²) in [5, 5.41) is 9.00. The zero-order valence-corrected chi connectivity index (χ0v) is 13.8. The summed E-state index contributed by atoms with van der Waals surface area (Å²) in [7, 11) is 3.24. The third-order valence-corrected chi connectivity index (χ3v) is 2.07. The fourth-order valence-corrected chi connectivity index (χ4v) is 1.04. The zero-order valence-electron chi connectivity index (χ0n) is 13.8. The van der Waals surface area contributed by atoms with Crippen LogP contribution in [0, 0.1) is 0 Å². The van der Waals surface area contributed by atoms with Gasteiger partial charge in [0.15, 0.2) is 6.29 Å². The Labute approximate surface area is 128 Å². The molecule has 0 radical (unpaired) electrons. The predicted molar refractivity (Wildman–Crippen MR) is 79.5 cm³/mol. The van der Waals surface area contributed by atoms with Crippen LogP contribution in [0.2, 0.25) is 0 Å². The molecule has 21 heavy (non-hydrogen) atoms. The first-order valence-corrected chi connectivity index (χ1v) is 7.23. The number of ether oxygens (including phenoxy) is 6. The van der Waals surface area contributed by atoms with Gasteiger partial charge < -0.3 is 33.5 Å². The third kappa shape index (κ3) is 25.1. The van der Waals surface area contributed by atoms with Gasteiger partial charge in [-0.05, 0) is 13.8 Å². The summed E-state index contributed by atoms with van der Waals surface area (Å²) in [6, 6.07) is 0. The van der Waals surface area contributed by atoms with Gasteiger partial charge in [-0.2, -0.15) is 0 Å². The lowest BCUT2D eigenvalue weighted by atomic mass is 10.6. The quantitative estimate of drug-likeness (QED) is 0.373. The fraction of sp³-hybridized carbons (Fsp3) is 1.00. The largest absolute Gasteiger partial charge is 0.382 e. The normalized spacial score (nSPS) is 11.9. The van der Waals surface area contributed by atoms with Crippen molar-refractivity contribution in [2.75, 3.05) is 73.7 Å². The number of rotatable bonds is 14. The summed E-state index contributed by atoms with van der Waals surface area (Å²) in [4.78, 5) is 0. The maximum atomic E-state index is 9.00. The Bertz CT molecular complexity index is 161. The highest BCUT2D eigenvalue weighted by atomic mass is 16.6. The van der Waals surface area contributed by atoms with Gasteiger partial charge in [0.1, 0.15) is 0 Å². The second-order valence-corrected chi connectivity index (χ2v) is 3.78. The second kappa shape index (κ2) is 22.0. The lowest BCUT2D eigenvalue weighted by Crippen LogP contribution is -2.21. The molecule has 0 saturated heterocycles. The van der Waals surface area contributed by atoms with Gasteiger partial charge in [-0.3, -0.25) is 0 Å². The van der Waals surface area contributed by atoms with Crippen molar-refractivity contribution in [1.82, 2.24) is 0 Å². The summed E-state index contributed by atoms with van der Waals surface area (Å²) in [5.74, 6) is 0. The number of hydrogen-bond acceptors (Lipinski definition) is 7. The van der Waals surface area contributed by atoms with E-state index in [1.807, 2.05) is 13.8 Å². The predicted octanol–water partition coefficient (Wildman–Crippen LogP) is 0.690. The van der Waals surface area contributed by atoms with Crippen LogP contribution >= 0.6 is 0 Å². The van der Waals surface area contributed by atoms with Gasteiger partial charge in [-0.15, -0.1) is 0 Å². The van der Waals surface area contributed by atoms with Crippen molar-refractivity contribution >= 4 is 0 Å². The molecule has 0 aliphatic rings. The molecule has 1 atom stereocenters. The zero-order chi connectivity index (χ0) is 16.2. The minimum Gasteiger partial charge on any atom is -0.382 e. The van der Waals surface area contributed by atoms with Crippen LogP contribution in [0.1, 0.15) is 13.8 Å². The molecule has 0 aromatic carbocycles. The van der Waals surface area contributed by atoms with Crippen molar-refractivity contribution in [2.24, 2.45) is 0 Å². The number of aliphatic hydroxyl groups is 1. The van der Waals surface area contributed by atoms with Crippen molar-refractivity contribution in [3.8, 4) is 0 Å². The molecule has 1 unspecified atom stereocenters. The van der Waals surface area contributed by atoms with Crippen LogP contribution in [0.15, 0.2) is 0 Å². The average molecular weight is 312 g/mol. The molecule has 0 rings (SSSR count). The van der Waals surface area contributed by atoms with E-state index in [0.29, 0.717) is 46.2 Å². The highest BCUT2D eigenvalue weighted by molar-refractivity contribution is 4.37. The molecular weight excluding hydrogens is 280 g/mol. The van der Waals surface area contributed by atoms with Gasteiger partial charge in [0, 0.05) is 27.4 Å². The molecule has 0 aliphatic carbocycles. The van der Waals surface area contributed by atoms with E-state index in [0.717, 1.165) is 6.61 Å². The van der Waals surface area contributed by atoms with Crippen molar-refractivity contribution in [3.05, 3.63) is 0 Å². The minimum absolute atomic E-state index is 0.222. The van der Waals surface area contributed by atoms with Crippen LogP contribution in [0.4, 0.5) is 0 Å². The molecule has 0 heterocycles. The maximum absolute atomic E-state index is 9.00. The van der Waals surface area contributed by atoms with Crippen molar-refractivity contribution in [2.45, 2.75) is 20.1 Å². The van der Waals surface area contributed by atoms with Crippen molar-refractivity contribution in [3.63, 3.8) is 0 Å². The minimum atomic E-state index is -0.829. The van der Waals surface area contributed by atoms with Crippen LogP contribution < -0.4 is 0 Å². The monoisotopic (exact) mass is 312 g/mol. The van der Waals surface area contributed by atoms with Gasteiger partial charge in [0.25, 0.3) is 0 Å². The molecule has 0 fully saturated rings. The van der Waals surface area contributed by atoms with E-state index in [9.17, 15) is 0 Å². The molecule has 0 spiro atoms. The van der Waals surface area contributed by atoms with Gasteiger partial charge >= 0.3 is 0 Å². The van der Waals surface area contributed by atoms with Gasteiger partial charge in [-0.25, -0.2) is 0 Å². The molecule has 0 saturated carbocycles. The molecule has 0 amide bonds. The summed E-state index contributed by atoms with van der Waals surface area (Å²) in [6.07, 6.45) is -0.829. The first-order chi connectivity index (χ1) is 10.2. The Kier molecular flexibility index (Phi) is 24.1. The van der Waals surface area contributed by atoms with E-state index >= 15 is 0 Å². The van der Waals surface area contributed by atoms with E-state index in [1.165, 1.54) is 0 Å². The maximum Gasteiger partial charge on any atom is 0.178 e. The van der Waals surface area contributed by atoms with E-state index in [2.05, 4.69) is 0 Å². The summed E-state index contributed by atoms with van der Waals surface area (Å²) < 4.78 is 29.5. The molecule has 0 aliphatic heterocycles. The standard InChI is InChI=1S/C7H16O4.C7H16O3/c1-3-10-6-7(8)11-5-4-9-2;1-3-9-6-7-10-5-4-8-2/h7-8H,3-6H2,1-2H3;3-7H2,1-2H3. The van der Waals surface area contributed by atoms with Crippen molar-refractivity contribution in [1.29, 1.82) is 0 Å². The first-order valence-electron chi connectivity index (χ1n) is 7.23. The Morgan fingerprint density at radius 1 is 0.714 bits per heavy atom. The number of hydrogen-bond donors (Lipinski definition) is 1. The van der Waals surface area contributed by atoms with Crippen LogP contribution in [-0.2, 0) is 28.4 Å². The van der Waals surface area contributed by atoms with E-state index in [1.54, 1.807) is 14.2 Å². The third-order valence-electron chi connectivity index (χ3n) is 2.07. The summed E-state index contributed by atoms with van der Waals surface area (Å²) in [6.45, 7) is 8.94. The molecule has 7 heteroatoms. The Balaban J connectivity index is 0. The smallest absolute Gasteiger partial charge is 0.178 e. The molecule has 0 aromatic rings. The van der Waals surface area contributed by atoms with Crippen LogP contribution in [0.25, 0.3) is 0 Å². The van der Waals surface area contributed by atoms with E-state index in [-0.39, 0.29) is 6.61 Å². The van der Waals surface area contributed by atoms with Crippen molar-refractivity contribution < 1.29 is 33.5 Å². The Morgan fingerprint density at radius 3 is 1.81 bits per heavy atom. The van der Waals surface area contributed by atoms with Crippen LogP contribution in [0.3, 0.4) is 0 Å². The summed E-state index contributed by atoms with van der Waals surface area (Å²) >= 11 is 0. The Hall–Kier alpha value is -0.280. The topological polar surface area (TPSA) is 75.6 Å². The highest BCUT2D eigenvalue weighted by Crippen LogP contribution is 1.88. The SMILES string of the molecule is CCOCC(O)OCCOC.CCOCCOCCOC.